The fraction of sp³-hybridized carbons (Fsp3) is 0.300. The van der Waals surface area contributed by atoms with E-state index in [9.17, 15) is 13.5 Å². The molecule has 162 valence electrons. The van der Waals surface area contributed by atoms with E-state index >= 15 is 0 Å². The van der Waals surface area contributed by atoms with E-state index in [2.05, 4.69) is 14.1 Å². The highest BCUT2D eigenvalue weighted by Gasteiger charge is 2.21. The normalized spacial score (nSPS) is 11.9. The summed E-state index contributed by atoms with van der Waals surface area (Å²) in [5, 5.41) is 9.82. The van der Waals surface area contributed by atoms with Crippen molar-refractivity contribution >= 4 is 39.8 Å². The van der Waals surface area contributed by atoms with Gasteiger partial charge in [-0.25, -0.2) is 18.1 Å². The number of aryl methyl sites for hydroxylation is 2. The lowest BCUT2D eigenvalue weighted by Gasteiger charge is -2.18. The molecular formula is C20H25ClN4O3S2. The number of aromatic nitrogens is 2. The van der Waals surface area contributed by atoms with Gasteiger partial charge in [0.25, 0.3) is 0 Å². The largest absolute Gasteiger partial charge is 0.389 e. The number of rotatable bonds is 6. The van der Waals surface area contributed by atoms with Crippen LogP contribution in [0.15, 0.2) is 41.4 Å². The zero-order valence-corrected chi connectivity index (χ0v) is 19.6. The molecule has 3 aromatic rings. The summed E-state index contributed by atoms with van der Waals surface area (Å²) >= 11 is 1.34. The minimum absolute atomic E-state index is 0. The van der Waals surface area contributed by atoms with Crippen LogP contribution < -0.4 is 10.5 Å². The maximum atomic E-state index is 12.7. The van der Waals surface area contributed by atoms with E-state index in [-0.39, 0.29) is 23.8 Å². The Morgan fingerprint density at radius 3 is 2.47 bits per heavy atom. The Morgan fingerprint density at radius 1 is 1.17 bits per heavy atom. The van der Waals surface area contributed by atoms with E-state index in [0.717, 1.165) is 32.8 Å². The van der Waals surface area contributed by atoms with E-state index < -0.39 is 15.6 Å². The molecule has 0 bridgehead atoms. The molecule has 2 heterocycles. The average molecular weight is 469 g/mol. The number of anilines is 1. The van der Waals surface area contributed by atoms with Gasteiger partial charge < -0.3 is 10.8 Å². The maximum Gasteiger partial charge on any atom is 0.240 e. The quantitative estimate of drug-likeness (QED) is 0.509. The van der Waals surface area contributed by atoms with Gasteiger partial charge in [0.15, 0.2) is 0 Å². The van der Waals surface area contributed by atoms with Gasteiger partial charge in [0.2, 0.25) is 10.0 Å². The van der Waals surface area contributed by atoms with Crippen LogP contribution in [0.3, 0.4) is 0 Å². The van der Waals surface area contributed by atoms with Gasteiger partial charge in [-0.2, -0.15) is 4.37 Å². The van der Waals surface area contributed by atoms with Crippen molar-refractivity contribution in [2.24, 2.45) is 0 Å². The third kappa shape index (κ3) is 5.55. The molecule has 7 nitrogen and oxygen atoms in total. The number of nitrogens with two attached hydrogens (primary N) is 1. The van der Waals surface area contributed by atoms with Gasteiger partial charge in [-0.15, -0.1) is 12.4 Å². The highest BCUT2D eigenvalue weighted by atomic mass is 35.5. The summed E-state index contributed by atoms with van der Waals surface area (Å²) in [7, 11) is -3.77. The molecule has 0 saturated carbocycles. The lowest BCUT2D eigenvalue weighted by Crippen LogP contribution is -2.38. The van der Waals surface area contributed by atoms with Crippen LogP contribution in [0.2, 0.25) is 0 Å². The van der Waals surface area contributed by atoms with Crippen molar-refractivity contribution in [1.29, 1.82) is 0 Å². The third-order valence-corrected chi connectivity index (χ3v) is 6.65. The Hall–Kier alpha value is -2.04. The third-order valence-electron chi connectivity index (χ3n) is 4.34. The fourth-order valence-corrected chi connectivity index (χ4v) is 4.75. The zero-order chi connectivity index (χ0) is 21.4. The predicted molar refractivity (Wildman–Crippen MR) is 123 cm³/mol. The Balaban J connectivity index is 0.00000320. The molecule has 0 unspecified atom stereocenters. The molecule has 0 aliphatic heterocycles. The summed E-state index contributed by atoms with van der Waals surface area (Å²) in [5.74, 6) is 0.394. The second kappa shape index (κ2) is 8.99. The van der Waals surface area contributed by atoms with Crippen LogP contribution in [0.4, 0.5) is 5.82 Å². The summed E-state index contributed by atoms with van der Waals surface area (Å²) < 4.78 is 32.0. The van der Waals surface area contributed by atoms with E-state index in [1.165, 1.54) is 11.5 Å². The number of nitrogens with zero attached hydrogens (tertiary/aromatic N) is 2. The van der Waals surface area contributed by atoms with E-state index in [1.807, 2.05) is 26.0 Å². The number of sulfonamides is 1. The molecule has 0 spiro atoms. The molecule has 2 aromatic heterocycles. The summed E-state index contributed by atoms with van der Waals surface area (Å²) in [6, 6.07) is 8.75. The molecule has 0 saturated heterocycles. The molecule has 0 atom stereocenters. The van der Waals surface area contributed by atoms with Gasteiger partial charge in [-0.1, -0.05) is 6.07 Å². The number of hydrogen-bond donors (Lipinski definition) is 3. The van der Waals surface area contributed by atoms with Gasteiger partial charge in [0.05, 0.1) is 21.1 Å². The number of aliphatic hydroxyl groups is 1. The van der Waals surface area contributed by atoms with Crippen LogP contribution >= 0.6 is 23.9 Å². The van der Waals surface area contributed by atoms with Crippen molar-refractivity contribution < 1.29 is 13.5 Å². The molecule has 3 rings (SSSR count). The van der Waals surface area contributed by atoms with Crippen molar-refractivity contribution in [2.75, 3.05) is 12.3 Å². The van der Waals surface area contributed by atoms with Gasteiger partial charge in [0.1, 0.15) is 5.82 Å². The Kier molecular flexibility index (Phi) is 7.26. The lowest BCUT2D eigenvalue weighted by atomic mass is 10.0. The topological polar surface area (TPSA) is 118 Å². The Morgan fingerprint density at radius 2 is 1.87 bits per heavy atom. The molecule has 0 fully saturated rings. The number of nitrogens with one attached hydrogen (secondary N) is 1. The lowest BCUT2D eigenvalue weighted by molar-refractivity contribution is 0.0857. The van der Waals surface area contributed by atoms with Crippen molar-refractivity contribution in [3.8, 4) is 21.6 Å². The van der Waals surface area contributed by atoms with Gasteiger partial charge in [-0.3, -0.25) is 0 Å². The van der Waals surface area contributed by atoms with Crippen LogP contribution in [0, 0.1) is 13.8 Å². The number of nitrogen functional groups attached to an aromatic ring is 1. The SMILES string of the molecule is Cc1cc(-c2cc(-c3cc(S(=O)(=O)NCC(C)(C)O)ccc3C)cnc2N)sn1.Cl. The van der Waals surface area contributed by atoms with Crippen LogP contribution in [0.25, 0.3) is 21.6 Å². The monoisotopic (exact) mass is 468 g/mol. The predicted octanol–water partition coefficient (Wildman–Crippen LogP) is 3.54. The fourth-order valence-electron chi connectivity index (χ4n) is 2.74. The zero-order valence-electron chi connectivity index (χ0n) is 17.1. The average Bonchev–Trinajstić information content (AvgIpc) is 3.06. The maximum absolute atomic E-state index is 12.7. The second-order valence-electron chi connectivity index (χ2n) is 7.60. The van der Waals surface area contributed by atoms with Crippen LogP contribution in [-0.4, -0.2) is 35.0 Å². The highest BCUT2D eigenvalue weighted by Crippen LogP contribution is 2.34. The first kappa shape index (κ1) is 24.2. The van der Waals surface area contributed by atoms with Crippen LogP contribution in [0.5, 0.6) is 0 Å². The highest BCUT2D eigenvalue weighted by molar-refractivity contribution is 7.89. The van der Waals surface area contributed by atoms with E-state index in [4.69, 9.17) is 5.73 Å². The second-order valence-corrected chi connectivity index (χ2v) is 10.2. The standard InChI is InChI=1S/C20H24N4O3S2.ClH/c1-12-5-6-15(29(26,27)23-11-20(3,4)25)9-16(12)14-8-17(19(21)22-10-14)18-7-13(2)24-28-18;/h5-10,23,25H,11H2,1-4H3,(H2,21,22);1H. The molecule has 0 amide bonds. The van der Waals surface area contributed by atoms with Gasteiger partial charge in [0, 0.05) is 23.9 Å². The summed E-state index contributed by atoms with van der Waals surface area (Å²) in [6.07, 6.45) is 1.63. The van der Waals surface area contributed by atoms with Gasteiger partial charge >= 0.3 is 0 Å². The number of pyridine rings is 1. The molecule has 1 aromatic carbocycles. The Labute approximate surface area is 187 Å². The minimum atomic E-state index is -3.77. The molecule has 10 heteroatoms. The van der Waals surface area contributed by atoms with Crippen molar-refractivity contribution in [3.05, 3.63) is 47.8 Å². The van der Waals surface area contributed by atoms with E-state index in [0.29, 0.717) is 5.82 Å². The first-order chi connectivity index (χ1) is 13.5. The molecule has 4 N–H and O–H groups in total. The molecule has 0 aliphatic rings. The summed E-state index contributed by atoms with van der Waals surface area (Å²) in [5.41, 5.74) is 8.99. The first-order valence-corrected chi connectivity index (χ1v) is 11.2. The summed E-state index contributed by atoms with van der Waals surface area (Å²) in [6.45, 7) is 6.81. The molecule has 0 aliphatic carbocycles. The van der Waals surface area contributed by atoms with Crippen LogP contribution in [0.1, 0.15) is 25.1 Å². The van der Waals surface area contributed by atoms with Gasteiger partial charge in [-0.05, 0) is 74.6 Å². The Bertz CT molecular complexity index is 1160. The van der Waals surface area contributed by atoms with Crippen molar-refractivity contribution in [2.45, 2.75) is 38.2 Å². The molecule has 30 heavy (non-hydrogen) atoms. The summed E-state index contributed by atoms with van der Waals surface area (Å²) in [4.78, 5) is 5.33. The number of halogens is 1. The minimum Gasteiger partial charge on any atom is -0.389 e. The number of benzene rings is 1. The van der Waals surface area contributed by atoms with Crippen LogP contribution in [-0.2, 0) is 10.0 Å². The first-order valence-electron chi connectivity index (χ1n) is 8.98. The number of hydrogen-bond acceptors (Lipinski definition) is 7. The van der Waals surface area contributed by atoms with E-state index in [1.54, 1.807) is 38.2 Å². The van der Waals surface area contributed by atoms with Crippen molar-refractivity contribution in [1.82, 2.24) is 14.1 Å². The molecule has 0 radical (unpaired) electrons. The smallest absolute Gasteiger partial charge is 0.240 e. The molecular weight excluding hydrogens is 444 g/mol. The van der Waals surface area contributed by atoms with Crippen molar-refractivity contribution in [3.63, 3.8) is 0 Å².